The molecule has 2 atom stereocenters. The minimum absolute atomic E-state index is 0.200. The van der Waals surface area contributed by atoms with Gasteiger partial charge in [-0.05, 0) is 140 Å². The second-order valence-electron chi connectivity index (χ2n) is 13.2. The lowest BCUT2D eigenvalue weighted by atomic mass is 9.93. The zero-order valence-electron chi connectivity index (χ0n) is 32.5. The van der Waals surface area contributed by atoms with E-state index in [0.717, 1.165) is 48.3 Å². The van der Waals surface area contributed by atoms with Crippen LogP contribution in [0.4, 0.5) is 17.1 Å². The Kier molecular flexibility index (Phi) is 15.5. The van der Waals surface area contributed by atoms with Crippen molar-refractivity contribution in [3.05, 3.63) is 160 Å². The number of rotatable bonds is 20. The molecule has 0 radical (unpaired) electrons. The molecule has 0 amide bonds. The van der Waals surface area contributed by atoms with Crippen LogP contribution in [0.15, 0.2) is 121 Å². The maximum Gasteiger partial charge on any atom is 0.154 e. The second kappa shape index (κ2) is 20.6. The number of hydrogen-bond acceptors (Lipinski definition) is 5. The molecule has 5 aromatic rings. The van der Waals surface area contributed by atoms with Gasteiger partial charge in [0.1, 0.15) is 0 Å². The highest BCUT2D eigenvalue weighted by molar-refractivity contribution is 5.92. The van der Waals surface area contributed by atoms with E-state index in [-0.39, 0.29) is 12.6 Å². The van der Waals surface area contributed by atoms with Crippen molar-refractivity contribution < 1.29 is 18.9 Å². The fourth-order valence-electron chi connectivity index (χ4n) is 6.38. The van der Waals surface area contributed by atoms with E-state index < -0.39 is 0 Å². The highest BCUT2D eigenvalue weighted by atomic mass is 16.7. The van der Waals surface area contributed by atoms with Crippen LogP contribution in [0.3, 0.4) is 0 Å². The van der Waals surface area contributed by atoms with E-state index in [2.05, 4.69) is 146 Å². The highest BCUT2D eigenvalue weighted by Gasteiger charge is 2.14. The Balaban J connectivity index is 1.43. The molecule has 5 rings (SSSR count). The van der Waals surface area contributed by atoms with E-state index in [1.54, 1.807) is 0 Å². The van der Waals surface area contributed by atoms with Gasteiger partial charge in [0.15, 0.2) is 12.6 Å². The third kappa shape index (κ3) is 11.7. The van der Waals surface area contributed by atoms with E-state index in [0.29, 0.717) is 26.4 Å². The van der Waals surface area contributed by atoms with Gasteiger partial charge in [-0.1, -0.05) is 98.8 Å². The van der Waals surface area contributed by atoms with Crippen molar-refractivity contribution in [2.45, 2.75) is 79.8 Å². The molecule has 5 aromatic carbocycles. The molecule has 0 saturated carbocycles. The maximum absolute atomic E-state index is 5.83. The summed E-state index contributed by atoms with van der Waals surface area (Å²) in [6, 6.07) is 44.4. The van der Waals surface area contributed by atoms with Gasteiger partial charge in [0.2, 0.25) is 0 Å². The number of hydrogen-bond donors (Lipinski definition) is 0. The smallest absolute Gasteiger partial charge is 0.154 e. The summed E-state index contributed by atoms with van der Waals surface area (Å²) in [6.07, 6.45) is 5.60. The van der Waals surface area contributed by atoms with E-state index in [4.69, 9.17) is 18.9 Å². The summed E-state index contributed by atoms with van der Waals surface area (Å²) in [4.78, 5) is 2.32. The van der Waals surface area contributed by atoms with Gasteiger partial charge in [-0.25, -0.2) is 0 Å². The van der Waals surface area contributed by atoms with Gasteiger partial charge < -0.3 is 23.8 Å². The van der Waals surface area contributed by atoms with Crippen molar-refractivity contribution in [2.24, 2.45) is 0 Å². The van der Waals surface area contributed by atoms with Gasteiger partial charge >= 0.3 is 0 Å². The first kappa shape index (κ1) is 39.7. The third-order valence-electron chi connectivity index (χ3n) is 9.49. The molecule has 0 aliphatic rings. The van der Waals surface area contributed by atoms with Gasteiger partial charge in [-0.3, -0.25) is 0 Å². The Morgan fingerprint density at radius 2 is 0.830 bits per heavy atom. The monoisotopic (exact) mass is 711 g/mol. The van der Waals surface area contributed by atoms with E-state index in [1.807, 2.05) is 27.7 Å². The summed E-state index contributed by atoms with van der Waals surface area (Å²) < 4.78 is 22.7. The molecule has 0 fully saturated rings. The largest absolute Gasteiger partial charge is 0.353 e. The van der Waals surface area contributed by atoms with Crippen molar-refractivity contribution in [3.63, 3.8) is 0 Å². The quantitative estimate of drug-likeness (QED) is 0.0594. The lowest BCUT2D eigenvalue weighted by Gasteiger charge is -2.26. The lowest BCUT2D eigenvalue weighted by Crippen LogP contribution is -2.14. The number of anilines is 3. The average Bonchev–Trinajstić information content (AvgIpc) is 3.19. The molecule has 0 spiro atoms. The summed E-state index contributed by atoms with van der Waals surface area (Å²) in [5, 5.41) is 0. The summed E-state index contributed by atoms with van der Waals surface area (Å²) in [5.41, 5.74) is 13.2. The average molecular weight is 712 g/mol. The number of ether oxygens (including phenoxy) is 4. The molecule has 0 saturated heterocycles. The van der Waals surface area contributed by atoms with Crippen molar-refractivity contribution in [2.75, 3.05) is 31.3 Å². The minimum atomic E-state index is -0.200. The Labute approximate surface area is 318 Å². The van der Waals surface area contributed by atoms with Crippen LogP contribution in [-0.2, 0) is 44.6 Å². The van der Waals surface area contributed by atoms with Crippen LogP contribution in [0.2, 0.25) is 0 Å². The van der Waals surface area contributed by atoms with Crippen LogP contribution < -0.4 is 4.90 Å². The van der Waals surface area contributed by atoms with E-state index in [1.165, 1.54) is 39.0 Å². The number of benzene rings is 5. The Morgan fingerprint density at radius 3 is 1.19 bits per heavy atom. The molecule has 53 heavy (non-hydrogen) atoms. The molecule has 0 aliphatic heterocycles. The Hall–Kier alpha value is -4.52. The zero-order valence-corrected chi connectivity index (χ0v) is 32.5. The third-order valence-corrected chi connectivity index (χ3v) is 9.49. The van der Waals surface area contributed by atoms with Crippen molar-refractivity contribution in [1.82, 2.24) is 0 Å². The summed E-state index contributed by atoms with van der Waals surface area (Å²) in [7, 11) is 0. The Bertz CT molecular complexity index is 1700. The van der Waals surface area contributed by atoms with Crippen molar-refractivity contribution in [3.8, 4) is 0 Å². The summed E-state index contributed by atoms with van der Waals surface area (Å²) in [5.74, 6) is 0. The fraction of sp³-hybridized carbons (Fsp3) is 0.333. The molecule has 0 aliphatic carbocycles. The number of nitrogens with zero attached hydrogens (tertiary/aromatic N) is 1. The molecule has 0 heterocycles. The van der Waals surface area contributed by atoms with Crippen LogP contribution >= 0.6 is 0 Å². The SMILES string of the molecule is CCOC(C)OCCc1ccc(N(c2ccc(C=C(c3ccc(CC)cc3)c3ccc(CC)cc3)cc2)c2ccc(CCOC(C)OCC)cc2)cc1. The van der Waals surface area contributed by atoms with Gasteiger partial charge in [-0.2, -0.15) is 0 Å². The van der Waals surface area contributed by atoms with Crippen molar-refractivity contribution >= 4 is 28.7 Å². The lowest BCUT2D eigenvalue weighted by molar-refractivity contribution is -0.126. The molecular formula is C48H57NO4. The summed E-state index contributed by atoms with van der Waals surface area (Å²) >= 11 is 0. The first-order valence-electron chi connectivity index (χ1n) is 19.3. The molecule has 0 N–H and O–H groups in total. The standard InChI is InChI=1S/C48H57NO4/c1-7-38-11-21-43(22-12-38)48(44-23-13-39(8-2)14-24-44)35-42-19-29-47(30-20-42)49(45-25-15-40(16-26-45)31-33-52-36(5)50-9-3)46-27-17-41(18-28-46)32-34-53-37(6)51-10-4/h11-30,35-37H,7-10,31-34H2,1-6H3. The van der Waals surface area contributed by atoms with Gasteiger partial charge in [0.05, 0.1) is 13.2 Å². The van der Waals surface area contributed by atoms with Gasteiger partial charge in [0, 0.05) is 30.3 Å². The predicted octanol–water partition coefficient (Wildman–Crippen LogP) is 11.8. The zero-order chi connectivity index (χ0) is 37.4. The molecule has 2 unspecified atom stereocenters. The molecule has 5 nitrogen and oxygen atoms in total. The van der Waals surface area contributed by atoms with Crippen LogP contribution in [0.25, 0.3) is 11.6 Å². The minimum Gasteiger partial charge on any atom is -0.353 e. The normalized spacial score (nSPS) is 12.3. The number of aryl methyl sites for hydroxylation is 2. The van der Waals surface area contributed by atoms with E-state index >= 15 is 0 Å². The van der Waals surface area contributed by atoms with E-state index in [9.17, 15) is 0 Å². The molecule has 0 aromatic heterocycles. The fourth-order valence-corrected chi connectivity index (χ4v) is 6.38. The molecule has 0 bridgehead atoms. The van der Waals surface area contributed by atoms with Crippen molar-refractivity contribution in [1.29, 1.82) is 0 Å². The maximum atomic E-state index is 5.83. The first-order valence-corrected chi connectivity index (χ1v) is 19.3. The molecule has 278 valence electrons. The summed E-state index contributed by atoms with van der Waals surface area (Å²) in [6.45, 7) is 14.8. The highest BCUT2D eigenvalue weighted by Crippen LogP contribution is 2.36. The Morgan fingerprint density at radius 1 is 0.472 bits per heavy atom. The molecular weight excluding hydrogens is 655 g/mol. The van der Waals surface area contributed by atoms with Crippen LogP contribution in [0.5, 0.6) is 0 Å². The van der Waals surface area contributed by atoms with Crippen LogP contribution in [0, 0.1) is 0 Å². The predicted molar refractivity (Wildman–Crippen MR) is 221 cm³/mol. The molecule has 5 heteroatoms. The second-order valence-corrected chi connectivity index (χ2v) is 13.2. The first-order chi connectivity index (χ1) is 25.9. The van der Waals surface area contributed by atoms with Crippen LogP contribution in [-0.4, -0.2) is 39.0 Å². The van der Waals surface area contributed by atoms with Crippen LogP contribution in [0.1, 0.15) is 80.5 Å². The van der Waals surface area contributed by atoms with Gasteiger partial charge in [0.25, 0.3) is 0 Å². The van der Waals surface area contributed by atoms with Gasteiger partial charge in [-0.15, -0.1) is 0 Å². The topological polar surface area (TPSA) is 40.2 Å².